The van der Waals surface area contributed by atoms with E-state index in [9.17, 15) is 4.79 Å². The second-order valence-corrected chi connectivity index (χ2v) is 4.56. The van der Waals surface area contributed by atoms with Crippen LogP contribution in [0.15, 0.2) is 30.3 Å². The highest BCUT2D eigenvalue weighted by atomic mass is 16.5. The maximum atomic E-state index is 11.3. The molecule has 1 aliphatic carbocycles. The third-order valence-corrected chi connectivity index (χ3v) is 3.38. The summed E-state index contributed by atoms with van der Waals surface area (Å²) < 4.78 is 4.69. The molecule has 0 aliphatic heterocycles. The number of esters is 1. The van der Waals surface area contributed by atoms with Gasteiger partial charge in [0.1, 0.15) is 0 Å². The van der Waals surface area contributed by atoms with E-state index in [-0.39, 0.29) is 5.97 Å². The van der Waals surface area contributed by atoms with Crippen LogP contribution in [0.1, 0.15) is 42.1 Å². The molecule has 1 unspecified atom stereocenters. The van der Waals surface area contributed by atoms with E-state index in [1.807, 2.05) is 24.3 Å². The highest BCUT2D eigenvalue weighted by Gasteiger charge is 2.15. The van der Waals surface area contributed by atoms with Gasteiger partial charge in [-0.1, -0.05) is 25.1 Å². The van der Waals surface area contributed by atoms with Crippen LogP contribution in [0, 0.1) is 5.92 Å². The number of carbonyl (C=O) groups is 1. The third kappa shape index (κ3) is 2.57. The Morgan fingerprint density at radius 1 is 1.29 bits per heavy atom. The first kappa shape index (κ1) is 11.9. The fourth-order valence-corrected chi connectivity index (χ4v) is 2.36. The molecule has 2 nitrogen and oxygen atoms in total. The van der Waals surface area contributed by atoms with Gasteiger partial charge in [-0.25, -0.2) is 4.79 Å². The Labute approximate surface area is 102 Å². The molecule has 0 saturated carbocycles. The summed E-state index contributed by atoms with van der Waals surface area (Å²) >= 11 is 0. The lowest BCUT2D eigenvalue weighted by atomic mass is 9.85. The molecular formula is C15H18O2. The lowest BCUT2D eigenvalue weighted by Crippen LogP contribution is -2.05. The van der Waals surface area contributed by atoms with Crippen molar-refractivity contribution >= 4 is 11.5 Å². The molecule has 17 heavy (non-hydrogen) atoms. The van der Waals surface area contributed by atoms with Gasteiger partial charge in [-0.15, -0.1) is 0 Å². The monoisotopic (exact) mass is 230 g/mol. The fraction of sp³-hybridized carbons (Fsp3) is 0.400. The molecule has 0 spiro atoms. The minimum absolute atomic E-state index is 0.276. The Bertz CT molecular complexity index is 429. The van der Waals surface area contributed by atoms with E-state index in [1.165, 1.54) is 37.5 Å². The predicted octanol–water partition coefficient (Wildman–Crippen LogP) is 3.68. The van der Waals surface area contributed by atoms with Crippen LogP contribution in [-0.4, -0.2) is 13.1 Å². The molecule has 0 aromatic heterocycles. The van der Waals surface area contributed by atoms with Crippen LogP contribution >= 0.6 is 0 Å². The quantitative estimate of drug-likeness (QED) is 0.724. The van der Waals surface area contributed by atoms with Crippen molar-refractivity contribution < 1.29 is 9.53 Å². The standard InChI is InChI=1S/C15H18O2/c1-11-5-3-4-6-14(11)12-7-9-13(10-8-12)15(16)17-2/h6-11H,3-5H2,1-2H3. The fourth-order valence-electron chi connectivity index (χ4n) is 2.36. The van der Waals surface area contributed by atoms with E-state index in [4.69, 9.17) is 0 Å². The van der Waals surface area contributed by atoms with Crippen molar-refractivity contribution in [3.05, 3.63) is 41.5 Å². The Balaban J connectivity index is 2.23. The van der Waals surface area contributed by atoms with Crippen LogP contribution in [0.4, 0.5) is 0 Å². The van der Waals surface area contributed by atoms with Crippen molar-refractivity contribution in [2.45, 2.75) is 26.2 Å². The van der Waals surface area contributed by atoms with E-state index >= 15 is 0 Å². The molecule has 0 radical (unpaired) electrons. The van der Waals surface area contributed by atoms with Gasteiger partial charge in [0.25, 0.3) is 0 Å². The highest BCUT2D eigenvalue weighted by Crippen LogP contribution is 2.32. The predicted molar refractivity (Wildman–Crippen MR) is 68.8 cm³/mol. The van der Waals surface area contributed by atoms with E-state index in [1.54, 1.807) is 0 Å². The lowest BCUT2D eigenvalue weighted by molar-refractivity contribution is 0.0601. The van der Waals surface area contributed by atoms with Crippen molar-refractivity contribution in [3.8, 4) is 0 Å². The molecule has 2 heteroatoms. The number of allylic oxidation sites excluding steroid dienone is 2. The maximum absolute atomic E-state index is 11.3. The molecule has 1 aromatic carbocycles. The van der Waals surface area contributed by atoms with E-state index < -0.39 is 0 Å². The summed E-state index contributed by atoms with van der Waals surface area (Å²) in [6, 6.07) is 7.70. The van der Waals surface area contributed by atoms with Crippen LogP contribution in [0.5, 0.6) is 0 Å². The van der Waals surface area contributed by atoms with Crippen molar-refractivity contribution in [1.29, 1.82) is 0 Å². The van der Waals surface area contributed by atoms with Gasteiger partial charge < -0.3 is 4.74 Å². The van der Waals surface area contributed by atoms with Gasteiger partial charge in [-0.3, -0.25) is 0 Å². The van der Waals surface area contributed by atoms with Gasteiger partial charge in [0.05, 0.1) is 12.7 Å². The van der Waals surface area contributed by atoms with Gasteiger partial charge >= 0.3 is 5.97 Å². The highest BCUT2D eigenvalue weighted by molar-refractivity contribution is 5.89. The molecule has 90 valence electrons. The summed E-state index contributed by atoms with van der Waals surface area (Å²) in [5.74, 6) is 0.343. The summed E-state index contributed by atoms with van der Waals surface area (Å²) in [5, 5.41) is 0. The summed E-state index contributed by atoms with van der Waals surface area (Å²) in [4.78, 5) is 11.3. The van der Waals surface area contributed by atoms with Crippen LogP contribution in [-0.2, 0) is 4.74 Å². The van der Waals surface area contributed by atoms with Crippen LogP contribution in [0.3, 0.4) is 0 Å². The van der Waals surface area contributed by atoms with Crippen molar-refractivity contribution in [2.24, 2.45) is 5.92 Å². The molecule has 1 aliphatic rings. The Hall–Kier alpha value is -1.57. The van der Waals surface area contributed by atoms with E-state index in [0.717, 1.165) is 0 Å². The molecule has 2 rings (SSSR count). The molecular weight excluding hydrogens is 212 g/mol. The largest absolute Gasteiger partial charge is 0.465 e. The van der Waals surface area contributed by atoms with Gasteiger partial charge in [0.2, 0.25) is 0 Å². The molecule has 0 saturated heterocycles. The van der Waals surface area contributed by atoms with Gasteiger partial charge in [-0.2, -0.15) is 0 Å². The summed E-state index contributed by atoms with van der Waals surface area (Å²) in [6.07, 6.45) is 6.02. The summed E-state index contributed by atoms with van der Waals surface area (Å²) in [6.45, 7) is 2.26. The molecule has 0 N–H and O–H groups in total. The van der Waals surface area contributed by atoms with Crippen LogP contribution in [0.25, 0.3) is 5.57 Å². The molecule has 0 fully saturated rings. The second kappa shape index (κ2) is 5.17. The molecule has 0 heterocycles. The van der Waals surface area contributed by atoms with Gasteiger partial charge in [0.15, 0.2) is 0 Å². The smallest absolute Gasteiger partial charge is 0.337 e. The topological polar surface area (TPSA) is 26.3 Å². The Kier molecular flexibility index (Phi) is 3.62. The number of benzene rings is 1. The summed E-state index contributed by atoms with van der Waals surface area (Å²) in [7, 11) is 1.40. The van der Waals surface area contributed by atoms with Gasteiger partial charge in [0, 0.05) is 0 Å². The number of hydrogen-bond acceptors (Lipinski definition) is 2. The van der Waals surface area contributed by atoms with Gasteiger partial charge in [-0.05, 0) is 48.4 Å². The first-order valence-electron chi connectivity index (χ1n) is 6.11. The molecule has 1 atom stereocenters. The number of methoxy groups -OCH3 is 1. The van der Waals surface area contributed by atoms with Crippen molar-refractivity contribution in [2.75, 3.05) is 7.11 Å². The Morgan fingerprint density at radius 3 is 2.59 bits per heavy atom. The third-order valence-electron chi connectivity index (χ3n) is 3.38. The maximum Gasteiger partial charge on any atom is 0.337 e. The number of hydrogen-bond donors (Lipinski definition) is 0. The zero-order chi connectivity index (χ0) is 12.3. The zero-order valence-corrected chi connectivity index (χ0v) is 10.4. The number of rotatable bonds is 2. The normalized spacial score (nSPS) is 19.6. The lowest BCUT2D eigenvalue weighted by Gasteiger charge is -2.20. The number of ether oxygens (including phenoxy) is 1. The molecule has 0 amide bonds. The minimum atomic E-state index is -0.276. The van der Waals surface area contributed by atoms with E-state index in [2.05, 4.69) is 17.7 Å². The van der Waals surface area contributed by atoms with Crippen LogP contribution < -0.4 is 0 Å². The Morgan fingerprint density at radius 2 is 2.00 bits per heavy atom. The van der Waals surface area contributed by atoms with Crippen molar-refractivity contribution in [1.82, 2.24) is 0 Å². The molecule has 0 bridgehead atoms. The second-order valence-electron chi connectivity index (χ2n) is 4.56. The van der Waals surface area contributed by atoms with Crippen LogP contribution in [0.2, 0.25) is 0 Å². The van der Waals surface area contributed by atoms with Crippen molar-refractivity contribution in [3.63, 3.8) is 0 Å². The minimum Gasteiger partial charge on any atom is -0.465 e. The zero-order valence-electron chi connectivity index (χ0n) is 10.4. The first-order chi connectivity index (χ1) is 8.22. The number of carbonyl (C=O) groups excluding carboxylic acids is 1. The van der Waals surface area contributed by atoms with E-state index in [0.29, 0.717) is 11.5 Å². The molecule has 1 aromatic rings. The first-order valence-corrected chi connectivity index (χ1v) is 6.11. The SMILES string of the molecule is COC(=O)c1ccc(C2=CCCCC2C)cc1. The summed E-state index contributed by atoms with van der Waals surface area (Å²) in [5.41, 5.74) is 3.25. The average Bonchev–Trinajstić information content (AvgIpc) is 2.39. The average molecular weight is 230 g/mol.